The van der Waals surface area contributed by atoms with E-state index >= 15 is 0 Å². The molecule has 1 rings (SSSR count). The molecule has 1 aromatic carbocycles. The lowest BCUT2D eigenvalue weighted by Gasteiger charge is -2.24. The third-order valence-corrected chi connectivity index (χ3v) is 2.62. The number of hydrogen-bond donors (Lipinski definition) is 0. The van der Waals surface area contributed by atoms with Gasteiger partial charge in [0.15, 0.2) is 0 Å². The summed E-state index contributed by atoms with van der Waals surface area (Å²) in [7, 11) is 2.50. The van der Waals surface area contributed by atoms with Crippen molar-refractivity contribution in [3.63, 3.8) is 0 Å². The van der Waals surface area contributed by atoms with E-state index in [-0.39, 0.29) is 13.2 Å². The molecule has 21 heavy (non-hydrogen) atoms. The third kappa shape index (κ3) is 6.51. The minimum absolute atomic E-state index is 0.166. The van der Waals surface area contributed by atoms with Crippen molar-refractivity contribution in [1.82, 2.24) is 0 Å². The predicted molar refractivity (Wildman–Crippen MR) is 75.4 cm³/mol. The van der Waals surface area contributed by atoms with Gasteiger partial charge in [0, 0.05) is 5.69 Å². The van der Waals surface area contributed by atoms with Crippen LogP contribution in [0.25, 0.3) is 0 Å². The van der Waals surface area contributed by atoms with Crippen LogP contribution in [0, 0.1) is 0 Å². The zero-order valence-corrected chi connectivity index (χ0v) is 12.1. The first-order chi connectivity index (χ1) is 10.2. The molecule has 116 valence electrons. The van der Waals surface area contributed by atoms with E-state index < -0.39 is 12.3 Å². The highest BCUT2D eigenvalue weighted by Gasteiger charge is 2.09. The second-order valence-corrected chi connectivity index (χ2v) is 3.93. The summed E-state index contributed by atoms with van der Waals surface area (Å²) in [5.74, 6) is 0. The summed E-state index contributed by atoms with van der Waals surface area (Å²) in [6.07, 6.45) is -1.46. The van der Waals surface area contributed by atoms with Crippen LogP contribution in [0.1, 0.15) is 0 Å². The van der Waals surface area contributed by atoms with Gasteiger partial charge in [-0.05, 0) is 12.1 Å². The lowest BCUT2D eigenvalue weighted by atomic mass is 10.3. The van der Waals surface area contributed by atoms with E-state index in [2.05, 4.69) is 9.47 Å². The van der Waals surface area contributed by atoms with Gasteiger partial charge >= 0.3 is 12.3 Å². The van der Waals surface area contributed by atoms with Gasteiger partial charge in [0.2, 0.25) is 0 Å². The Labute approximate surface area is 123 Å². The average Bonchev–Trinajstić information content (AvgIpc) is 2.53. The molecule has 7 heteroatoms. The topological polar surface area (TPSA) is 74.3 Å². The Hall–Kier alpha value is -2.44. The third-order valence-electron chi connectivity index (χ3n) is 2.62. The highest BCUT2D eigenvalue weighted by atomic mass is 16.7. The largest absolute Gasteiger partial charge is 0.508 e. The number of carbonyl (C=O) groups is 2. The van der Waals surface area contributed by atoms with Crippen molar-refractivity contribution in [2.75, 3.05) is 45.4 Å². The van der Waals surface area contributed by atoms with E-state index in [1.54, 1.807) is 0 Å². The Morgan fingerprint density at radius 3 is 1.81 bits per heavy atom. The fourth-order valence-corrected chi connectivity index (χ4v) is 1.61. The molecule has 1 aromatic rings. The lowest BCUT2D eigenvalue weighted by Crippen LogP contribution is -2.32. The number of anilines is 1. The zero-order valence-electron chi connectivity index (χ0n) is 12.1. The molecular formula is C14H19NO6. The first kappa shape index (κ1) is 16.6. The molecule has 0 aromatic heterocycles. The molecule has 0 N–H and O–H groups in total. The van der Waals surface area contributed by atoms with Gasteiger partial charge in [-0.2, -0.15) is 0 Å². The van der Waals surface area contributed by atoms with E-state index in [1.807, 2.05) is 35.2 Å². The molecule has 7 nitrogen and oxygen atoms in total. The smallest absolute Gasteiger partial charge is 0.438 e. The van der Waals surface area contributed by atoms with Gasteiger partial charge in [-0.25, -0.2) is 9.59 Å². The van der Waals surface area contributed by atoms with Crippen molar-refractivity contribution in [2.24, 2.45) is 0 Å². The van der Waals surface area contributed by atoms with E-state index in [0.717, 1.165) is 5.69 Å². The van der Waals surface area contributed by atoms with Crippen LogP contribution in [-0.4, -0.2) is 52.8 Å². The van der Waals surface area contributed by atoms with Crippen LogP contribution in [0.4, 0.5) is 15.3 Å². The first-order valence-corrected chi connectivity index (χ1v) is 6.39. The fraction of sp³-hybridized carbons (Fsp3) is 0.429. The summed E-state index contributed by atoms with van der Waals surface area (Å²) in [6.45, 7) is 1.23. The number of benzene rings is 1. The molecule has 0 fully saturated rings. The zero-order chi connectivity index (χ0) is 15.5. The quantitative estimate of drug-likeness (QED) is 0.713. The standard InChI is InChI=1S/C14H19NO6/c1-18-13(16)20-10-8-15(9-11-21-14(17)19-2)12-6-4-3-5-7-12/h3-7H,8-11H2,1-2H3. The van der Waals surface area contributed by atoms with Crippen molar-refractivity contribution in [3.05, 3.63) is 30.3 Å². The minimum atomic E-state index is -0.728. The van der Waals surface area contributed by atoms with Crippen molar-refractivity contribution in [2.45, 2.75) is 0 Å². The molecule has 0 spiro atoms. The van der Waals surface area contributed by atoms with Gasteiger partial charge in [0.1, 0.15) is 13.2 Å². The molecule has 0 saturated heterocycles. The van der Waals surface area contributed by atoms with Crippen LogP contribution >= 0.6 is 0 Å². The van der Waals surface area contributed by atoms with Gasteiger partial charge in [-0.1, -0.05) is 18.2 Å². The summed E-state index contributed by atoms with van der Waals surface area (Å²) in [6, 6.07) is 9.51. The molecular weight excluding hydrogens is 278 g/mol. The lowest BCUT2D eigenvalue weighted by molar-refractivity contribution is 0.0717. The Balaban J connectivity index is 2.50. The molecule has 0 heterocycles. The van der Waals surface area contributed by atoms with E-state index in [9.17, 15) is 9.59 Å². The highest BCUT2D eigenvalue weighted by molar-refractivity contribution is 5.60. The second-order valence-electron chi connectivity index (χ2n) is 3.93. The summed E-state index contributed by atoms with van der Waals surface area (Å²) in [5, 5.41) is 0. The number of nitrogens with zero attached hydrogens (tertiary/aromatic N) is 1. The van der Waals surface area contributed by atoms with Crippen LogP contribution in [-0.2, 0) is 18.9 Å². The van der Waals surface area contributed by atoms with Gasteiger partial charge < -0.3 is 23.8 Å². The van der Waals surface area contributed by atoms with Gasteiger partial charge in [-0.3, -0.25) is 0 Å². The van der Waals surface area contributed by atoms with Crippen LogP contribution in [0.2, 0.25) is 0 Å². The van der Waals surface area contributed by atoms with Crippen LogP contribution in [0.15, 0.2) is 30.3 Å². The van der Waals surface area contributed by atoms with Crippen LogP contribution < -0.4 is 4.90 Å². The molecule has 0 radical (unpaired) electrons. The Kier molecular flexibility index (Phi) is 7.49. The maximum Gasteiger partial charge on any atom is 0.508 e. The fourth-order valence-electron chi connectivity index (χ4n) is 1.61. The number of ether oxygens (including phenoxy) is 4. The monoisotopic (exact) mass is 297 g/mol. The number of rotatable bonds is 7. The van der Waals surface area contributed by atoms with Gasteiger partial charge in [0.25, 0.3) is 0 Å². The molecule has 0 aliphatic rings. The van der Waals surface area contributed by atoms with Crippen molar-refractivity contribution >= 4 is 18.0 Å². The van der Waals surface area contributed by atoms with E-state index in [1.165, 1.54) is 14.2 Å². The average molecular weight is 297 g/mol. The highest BCUT2D eigenvalue weighted by Crippen LogP contribution is 2.12. The normalized spacial score (nSPS) is 9.62. The van der Waals surface area contributed by atoms with E-state index in [0.29, 0.717) is 13.1 Å². The summed E-state index contributed by atoms with van der Waals surface area (Å²) in [5.41, 5.74) is 0.930. The Morgan fingerprint density at radius 1 is 0.905 bits per heavy atom. The first-order valence-electron chi connectivity index (χ1n) is 6.39. The molecule has 0 aliphatic carbocycles. The maximum atomic E-state index is 10.9. The van der Waals surface area contributed by atoms with Gasteiger partial charge in [-0.15, -0.1) is 0 Å². The second kappa shape index (κ2) is 9.46. The molecule has 0 aliphatic heterocycles. The Morgan fingerprint density at radius 2 is 1.38 bits per heavy atom. The Bertz CT molecular complexity index is 414. The van der Waals surface area contributed by atoms with Crippen molar-refractivity contribution in [1.29, 1.82) is 0 Å². The molecule has 0 unspecified atom stereocenters. The number of methoxy groups -OCH3 is 2. The SMILES string of the molecule is COC(=O)OCCN(CCOC(=O)OC)c1ccccc1. The summed E-state index contributed by atoms with van der Waals surface area (Å²) in [4.78, 5) is 23.8. The van der Waals surface area contributed by atoms with Crippen LogP contribution in [0.3, 0.4) is 0 Å². The summed E-state index contributed by atoms with van der Waals surface area (Å²) < 4.78 is 18.5. The van der Waals surface area contributed by atoms with Crippen molar-refractivity contribution in [3.8, 4) is 0 Å². The minimum Gasteiger partial charge on any atom is -0.438 e. The maximum absolute atomic E-state index is 10.9. The number of carbonyl (C=O) groups excluding carboxylic acids is 2. The summed E-state index contributed by atoms with van der Waals surface area (Å²) >= 11 is 0. The van der Waals surface area contributed by atoms with Crippen LogP contribution in [0.5, 0.6) is 0 Å². The molecule has 0 atom stereocenters. The number of para-hydroxylation sites is 1. The molecule has 0 bridgehead atoms. The van der Waals surface area contributed by atoms with Gasteiger partial charge in [0.05, 0.1) is 27.3 Å². The molecule has 0 amide bonds. The predicted octanol–water partition coefficient (Wildman–Crippen LogP) is 2.06. The molecule has 0 saturated carbocycles. The van der Waals surface area contributed by atoms with Crippen molar-refractivity contribution < 1.29 is 28.5 Å². The van der Waals surface area contributed by atoms with E-state index in [4.69, 9.17) is 9.47 Å². The number of hydrogen-bond acceptors (Lipinski definition) is 7.